The lowest BCUT2D eigenvalue weighted by molar-refractivity contribution is 0.0521. The molecule has 17 heavy (non-hydrogen) atoms. The Morgan fingerprint density at radius 1 is 1.53 bits per heavy atom. The first-order chi connectivity index (χ1) is 8.22. The Bertz CT molecular complexity index is 396. The van der Waals surface area contributed by atoms with Gasteiger partial charge in [-0.15, -0.1) is 0 Å². The summed E-state index contributed by atoms with van der Waals surface area (Å²) in [7, 11) is 0. The number of hydrogen-bond acceptors (Lipinski definition) is 6. The average molecular weight is 240 g/mol. The van der Waals surface area contributed by atoms with Crippen molar-refractivity contribution in [3.8, 4) is 0 Å². The van der Waals surface area contributed by atoms with Gasteiger partial charge in [-0.2, -0.15) is 0 Å². The van der Waals surface area contributed by atoms with Gasteiger partial charge >= 0.3 is 5.97 Å². The summed E-state index contributed by atoms with van der Waals surface area (Å²) in [5.41, 5.74) is 5.70. The normalized spacial score (nSPS) is 17.0. The highest BCUT2D eigenvalue weighted by atomic mass is 16.5. The van der Waals surface area contributed by atoms with Gasteiger partial charge in [0, 0.05) is 19.1 Å². The topological polar surface area (TPSA) is 87.6 Å². The van der Waals surface area contributed by atoms with Crippen LogP contribution in [0, 0.1) is 0 Å². The summed E-state index contributed by atoms with van der Waals surface area (Å²) in [4.78, 5) is 15.6. The van der Waals surface area contributed by atoms with Gasteiger partial charge in [0.05, 0.1) is 6.61 Å². The van der Waals surface area contributed by atoms with Crippen LogP contribution in [-0.2, 0) is 9.47 Å². The number of nitrogen functional groups attached to an aromatic ring is 1. The van der Waals surface area contributed by atoms with Crippen molar-refractivity contribution < 1.29 is 18.7 Å². The van der Waals surface area contributed by atoms with Crippen molar-refractivity contribution >= 4 is 11.9 Å². The van der Waals surface area contributed by atoms with Crippen LogP contribution >= 0.6 is 0 Å². The predicted octanol–water partition coefficient (Wildman–Crippen LogP) is 1.33. The minimum atomic E-state index is -0.535. The summed E-state index contributed by atoms with van der Waals surface area (Å²) >= 11 is 0. The van der Waals surface area contributed by atoms with Crippen LogP contribution in [0.15, 0.2) is 4.42 Å². The Labute approximate surface area is 99.1 Å². The van der Waals surface area contributed by atoms with E-state index in [1.165, 1.54) is 0 Å². The van der Waals surface area contributed by atoms with E-state index in [1.807, 2.05) is 0 Å². The molecule has 1 aromatic heterocycles. The van der Waals surface area contributed by atoms with Gasteiger partial charge in [0.25, 0.3) is 0 Å². The van der Waals surface area contributed by atoms with Gasteiger partial charge in [0.15, 0.2) is 0 Å². The summed E-state index contributed by atoms with van der Waals surface area (Å²) in [5.74, 6) is 0.181. The molecule has 0 spiro atoms. The van der Waals surface area contributed by atoms with E-state index < -0.39 is 5.97 Å². The highest BCUT2D eigenvalue weighted by Gasteiger charge is 2.25. The fourth-order valence-electron chi connectivity index (χ4n) is 1.81. The SMILES string of the molecule is CCOC(=O)c1nc(C2CCOCC2)oc1N. The minimum absolute atomic E-state index is 0.0324. The quantitative estimate of drug-likeness (QED) is 0.802. The zero-order valence-electron chi connectivity index (χ0n) is 9.77. The number of nitrogens with zero attached hydrogens (tertiary/aromatic N) is 1. The molecular weight excluding hydrogens is 224 g/mol. The second-order valence-electron chi connectivity index (χ2n) is 3.87. The lowest BCUT2D eigenvalue weighted by atomic mass is 10.0. The van der Waals surface area contributed by atoms with Crippen LogP contribution in [0.1, 0.15) is 42.1 Å². The summed E-state index contributed by atoms with van der Waals surface area (Å²) in [6, 6.07) is 0. The van der Waals surface area contributed by atoms with Crippen LogP contribution in [0.5, 0.6) is 0 Å². The number of carbonyl (C=O) groups excluding carboxylic acids is 1. The Hall–Kier alpha value is -1.56. The van der Waals surface area contributed by atoms with E-state index in [0.717, 1.165) is 12.8 Å². The van der Waals surface area contributed by atoms with Crippen LogP contribution < -0.4 is 5.73 Å². The first-order valence-electron chi connectivity index (χ1n) is 5.73. The molecule has 0 radical (unpaired) electrons. The molecular formula is C11H16N2O4. The molecule has 0 amide bonds. The molecule has 2 rings (SSSR count). The molecule has 94 valence electrons. The van der Waals surface area contributed by atoms with Crippen molar-refractivity contribution in [3.63, 3.8) is 0 Å². The number of anilines is 1. The van der Waals surface area contributed by atoms with Crippen molar-refractivity contribution in [2.45, 2.75) is 25.7 Å². The Morgan fingerprint density at radius 3 is 2.88 bits per heavy atom. The molecule has 2 heterocycles. The molecule has 0 bridgehead atoms. The first-order valence-corrected chi connectivity index (χ1v) is 5.73. The van der Waals surface area contributed by atoms with Crippen molar-refractivity contribution in [2.24, 2.45) is 0 Å². The molecule has 1 aromatic rings. The standard InChI is InChI=1S/C11H16N2O4/c1-2-16-11(14)8-9(12)17-10(13-8)7-3-5-15-6-4-7/h7H,2-6,12H2,1H3. The molecule has 1 aliphatic rings. The molecule has 1 saturated heterocycles. The fourth-order valence-corrected chi connectivity index (χ4v) is 1.81. The summed E-state index contributed by atoms with van der Waals surface area (Å²) in [5, 5.41) is 0. The predicted molar refractivity (Wildman–Crippen MR) is 59.7 cm³/mol. The minimum Gasteiger partial charge on any atom is -0.461 e. The van der Waals surface area contributed by atoms with E-state index >= 15 is 0 Å². The Morgan fingerprint density at radius 2 is 2.24 bits per heavy atom. The van der Waals surface area contributed by atoms with Crippen molar-refractivity contribution in [3.05, 3.63) is 11.6 Å². The van der Waals surface area contributed by atoms with E-state index in [2.05, 4.69) is 4.98 Å². The molecule has 2 N–H and O–H groups in total. The van der Waals surface area contributed by atoms with Crippen LogP contribution in [0.2, 0.25) is 0 Å². The Kier molecular flexibility index (Phi) is 3.63. The lowest BCUT2D eigenvalue weighted by Gasteiger charge is -2.18. The van der Waals surface area contributed by atoms with E-state index in [-0.39, 0.29) is 24.1 Å². The monoisotopic (exact) mass is 240 g/mol. The fraction of sp³-hybridized carbons (Fsp3) is 0.636. The van der Waals surface area contributed by atoms with E-state index in [1.54, 1.807) is 6.92 Å². The van der Waals surface area contributed by atoms with Crippen molar-refractivity contribution in [2.75, 3.05) is 25.6 Å². The zero-order valence-corrected chi connectivity index (χ0v) is 9.77. The van der Waals surface area contributed by atoms with Gasteiger partial charge in [-0.25, -0.2) is 9.78 Å². The number of oxazole rings is 1. The van der Waals surface area contributed by atoms with Gasteiger partial charge in [-0.1, -0.05) is 0 Å². The third kappa shape index (κ3) is 2.58. The molecule has 0 saturated carbocycles. The molecule has 1 aliphatic heterocycles. The third-order valence-electron chi connectivity index (χ3n) is 2.71. The Balaban J connectivity index is 2.14. The number of nitrogens with two attached hydrogens (primary N) is 1. The molecule has 0 aliphatic carbocycles. The smallest absolute Gasteiger partial charge is 0.362 e. The highest BCUT2D eigenvalue weighted by Crippen LogP contribution is 2.28. The molecule has 6 nitrogen and oxygen atoms in total. The van der Waals surface area contributed by atoms with Gasteiger partial charge in [0.2, 0.25) is 17.5 Å². The van der Waals surface area contributed by atoms with Gasteiger partial charge in [-0.05, 0) is 19.8 Å². The number of esters is 1. The van der Waals surface area contributed by atoms with E-state index in [9.17, 15) is 4.79 Å². The van der Waals surface area contributed by atoms with Gasteiger partial charge in [-0.3, -0.25) is 0 Å². The van der Waals surface area contributed by atoms with E-state index in [0.29, 0.717) is 19.1 Å². The molecule has 0 aromatic carbocycles. The zero-order chi connectivity index (χ0) is 12.3. The van der Waals surface area contributed by atoms with Crippen LogP contribution in [0.4, 0.5) is 5.88 Å². The first kappa shape index (κ1) is 11.9. The number of aromatic nitrogens is 1. The van der Waals surface area contributed by atoms with Gasteiger partial charge in [0.1, 0.15) is 0 Å². The molecule has 0 unspecified atom stereocenters. The molecule has 0 atom stereocenters. The maximum Gasteiger partial charge on any atom is 0.362 e. The number of hydrogen-bond donors (Lipinski definition) is 1. The average Bonchev–Trinajstić information content (AvgIpc) is 2.73. The second-order valence-corrected chi connectivity index (χ2v) is 3.87. The summed E-state index contributed by atoms with van der Waals surface area (Å²) in [6.07, 6.45) is 1.67. The highest BCUT2D eigenvalue weighted by molar-refractivity contribution is 5.91. The van der Waals surface area contributed by atoms with Crippen LogP contribution in [0.3, 0.4) is 0 Å². The number of rotatable bonds is 3. The summed E-state index contributed by atoms with van der Waals surface area (Å²) in [6.45, 7) is 3.38. The van der Waals surface area contributed by atoms with Crippen LogP contribution in [0.25, 0.3) is 0 Å². The van der Waals surface area contributed by atoms with Gasteiger partial charge < -0.3 is 19.6 Å². The molecule has 6 heteroatoms. The maximum atomic E-state index is 11.5. The largest absolute Gasteiger partial charge is 0.461 e. The summed E-state index contributed by atoms with van der Waals surface area (Å²) < 4.78 is 15.4. The maximum absolute atomic E-state index is 11.5. The number of carbonyl (C=O) groups is 1. The van der Waals surface area contributed by atoms with Crippen molar-refractivity contribution in [1.29, 1.82) is 0 Å². The van der Waals surface area contributed by atoms with Crippen molar-refractivity contribution in [1.82, 2.24) is 4.98 Å². The third-order valence-corrected chi connectivity index (χ3v) is 2.71. The van der Waals surface area contributed by atoms with Crippen LogP contribution in [-0.4, -0.2) is 30.8 Å². The molecule has 1 fully saturated rings. The van der Waals surface area contributed by atoms with E-state index in [4.69, 9.17) is 19.6 Å². The second kappa shape index (κ2) is 5.18. The number of ether oxygens (including phenoxy) is 2. The lowest BCUT2D eigenvalue weighted by Crippen LogP contribution is -2.14.